The summed E-state index contributed by atoms with van der Waals surface area (Å²) in [6, 6.07) is 1.02. The van der Waals surface area contributed by atoms with Crippen LogP contribution in [0.4, 0.5) is 0 Å². The number of allylic oxidation sites excluding steroid dienone is 3. The Balaban J connectivity index is 0.00000243. The number of hydrogen-bond donors (Lipinski definition) is 0. The van der Waals surface area contributed by atoms with E-state index in [4.69, 9.17) is 6.58 Å². The van der Waals surface area contributed by atoms with Crippen molar-refractivity contribution in [3.63, 3.8) is 0 Å². The van der Waals surface area contributed by atoms with Crippen molar-refractivity contribution in [3.05, 3.63) is 37.0 Å². The zero-order chi connectivity index (χ0) is 33.4. The average Bonchev–Trinajstić information content (AvgIpc) is 3.55. The number of quaternary nitrogens is 1. The van der Waals surface area contributed by atoms with Crippen LogP contribution in [0.5, 0.6) is 0 Å². The molecular formula is C42H80NPPb+. The smallest absolute Gasteiger partial charge is 0.141 e. The fourth-order valence-electron chi connectivity index (χ4n) is 9.20. The van der Waals surface area contributed by atoms with E-state index in [1.165, 1.54) is 210 Å². The molecule has 0 aromatic heterocycles. The van der Waals surface area contributed by atoms with Gasteiger partial charge in [0.1, 0.15) is 0 Å². The molecule has 0 amide bonds. The van der Waals surface area contributed by atoms with Crippen LogP contribution in [0.1, 0.15) is 181 Å². The maximum absolute atomic E-state index is 4.77. The van der Waals surface area contributed by atoms with Crippen molar-refractivity contribution >= 4 is 35.0 Å². The Morgan fingerprint density at radius 2 is 1.29 bits per heavy atom. The second-order valence-corrected chi connectivity index (χ2v) is 17.6. The average molecular weight is 837 g/mol. The summed E-state index contributed by atoms with van der Waals surface area (Å²) in [5.41, 5.74) is 4.13. The van der Waals surface area contributed by atoms with Gasteiger partial charge in [-0.2, -0.15) is 0 Å². The minimum Gasteiger partial charge on any atom is -0.141 e. The first-order valence-corrected chi connectivity index (χ1v) is 23.4. The van der Waals surface area contributed by atoms with Gasteiger partial charge in [0, 0.05) is 0 Å². The van der Waals surface area contributed by atoms with Crippen molar-refractivity contribution in [2.24, 2.45) is 11.3 Å². The number of piperidine rings is 1. The van der Waals surface area contributed by atoms with E-state index in [-0.39, 0.29) is 0 Å². The van der Waals surface area contributed by atoms with Gasteiger partial charge in [0.15, 0.2) is 0 Å². The van der Waals surface area contributed by atoms with Crippen molar-refractivity contribution < 1.29 is 4.48 Å². The summed E-state index contributed by atoms with van der Waals surface area (Å²) < 4.78 is 2.31. The number of rotatable bonds is 25. The summed E-state index contributed by atoms with van der Waals surface area (Å²) in [4.78, 5) is 0. The van der Waals surface area contributed by atoms with E-state index in [1.54, 1.807) is 11.1 Å². The quantitative estimate of drug-likeness (QED) is 0.0283. The van der Waals surface area contributed by atoms with Crippen LogP contribution >= 0.6 is 9.24 Å². The van der Waals surface area contributed by atoms with Crippen molar-refractivity contribution in [1.82, 2.24) is 0 Å². The number of fused-ring (bicyclic) bond motifs is 2. The van der Waals surface area contributed by atoms with E-state index in [2.05, 4.69) is 49.2 Å². The summed E-state index contributed by atoms with van der Waals surface area (Å²) >= 11 is 1.28. The van der Waals surface area contributed by atoms with E-state index < -0.39 is 0 Å². The van der Waals surface area contributed by atoms with Gasteiger partial charge in [-0.25, -0.2) is 0 Å². The molecule has 0 bridgehead atoms. The summed E-state index contributed by atoms with van der Waals surface area (Å²) in [7, 11) is 2.42. The zero-order valence-electron chi connectivity index (χ0n) is 31.3. The summed E-state index contributed by atoms with van der Waals surface area (Å²) in [5.74, 6) is 0.952. The molecule has 1 aliphatic carbocycles. The molecule has 1 nitrogen and oxygen atoms in total. The molecule has 5 unspecified atom stereocenters. The standard InChI is InChI=1S/C39H71N.C2H4.CH5P.Pb/c1-5-8-10-12-14-15-16-17-18-19-21-23-27-36(26-22-20-13-11-9-6-2)29-28-35(4)32-37-33-38-39(37,7-3)34-40(38)30-24-25-31-40;2*1-2;/h26,28,37-38H,4-25,27,29-34H2,1-3H3;1-2H2;2H2,1H3;/q+1;;;/b36-26+;;;. The summed E-state index contributed by atoms with van der Waals surface area (Å²) in [6.45, 7) is 24.3. The summed E-state index contributed by atoms with van der Waals surface area (Å²) in [5, 5.41) is 0. The predicted molar refractivity (Wildman–Crippen MR) is 211 cm³/mol. The molecule has 1 saturated carbocycles. The summed E-state index contributed by atoms with van der Waals surface area (Å²) in [6.07, 6.45) is 38.4. The van der Waals surface area contributed by atoms with E-state index in [9.17, 15) is 0 Å². The van der Waals surface area contributed by atoms with Crippen molar-refractivity contribution in [2.45, 2.75) is 191 Å². The van der Waals surface area contributed by atoms with E-state index in [0.29, 0.717) is 5.41 Å². The third-order valence-corrected chi connectivity index (χ3v) is 14.3. The van der Waals surface area contributed by atoms with Crippen LogP contribution in [-0.2, 0) is 0 Å². The molecule has 0 N–H and O–H groups in total. The van der Waals surface area contributed by atoms with Crippen molar-refractivity contribution in [1.29, 1.82) is 0 Å². The Hall–Kier alpha value is 0.532. The van der Waals surface area contributed by atoms with Gasteiger partial charge in [0.05, 0.1) is 0 Å². The van der Waals surface area contributed by atoms with Gasteiger partial charge in [-0.3, -0.25) is 0 Å². The van der Waals surface area contributed by atoms with Crippen molar-refractivity contribution in [2.75, 3.05) is 26.3 Å². The van der Waals surface area contributed by atoms with Crippen molar-refractivity contribution in [3.8, 4) is 0 Å². The number of hydrogen-bond acceptors (Lipinski definition) is 0. The molecule has 2 heterocycles. The van der Waals surface area contributed by atoms with Gasteiger partial charge in [-0.15, -0.1) is 22.4 Å². The Morgan fingerprint density at radius 1 is 0.800 bits per heavy atom. The molecule has 2 aliphatic heterocycles. The van der Waals surface area contributed by atoms with Crippen LogP contribution in [-0.4, -0.2) is 62.6 Å². The van der Waals surface area contributed by atoms with Gasteiger partial charge in [0.25, 0.3) is 0 Å². The molecule has 0 aromatic rings. The minimum atomic E-state index is 0.695. The van der Waals surface area contributed by atoms with Crippen LogP contribution in [0.15, 0.2) is 37.0 Å². The van der Waals surface area contributed by atoms with E-state index in [0.717, 1.165) is 15.4 Å². The third-order valence-electron chi connectivity index (χ3n) is 11.9. The molecule has 5 atom stereocenters. The Kier molecular flexibility index (Phi) is 25.6. The van der Waals surface area contributed by atoms with E-state index in [1.807, 2.05) is 6.66 Å². The molecule has 3 heteroatoms. The van der Waals surface area contributed by atoms with Crippen LogP contribution in [0.25, 0.3) is 0 Å². The van der Waals surface area contributed by atoms with E-state index >= 15 is 0 Å². The molecule has 261 valence electrons. The van der Waals surface area contributed by atoms with Gasteiger partial charge < -0.3 is 0 Å². The fraction of sp³-hybridized carbons (Fsp3) is 0.857. The van der Waals surface area contributed by atoms with Gasteiger partial charge in [-0.05, 0) is 0 Å². The molecule has 3 rings (SSSR count). The number of nitrogens with zero attached hydrogens (tertiary/aromatic N) is 1. The monoisotopic (exact) mass is 838 g/mol. The molecular weight excluding hydrogens is 757 g/mol. The molecule has 45 heavy (non-hydrogen) atoms. The van der Waals surface area contributed by atoms with Gasteiger partial charge >= 0.3 is 243 Å². The Morgan fingerprint density at radius 3 is 1.78 bits per heavy atom. The number of unbranched alkanes of at least 4 members (excludes halogenated alkanes) is 16. The second-order valence-electron chi connectivity index (χ2n) is 14.9. The molecule has 3 fully saturated rings. The first-order valence-electron chi connectivity index (χ1n) is 20.0. The first-order chi connectivity index (χ1) is 22.0. The predicted octanol–water partition coefficient (Wildman–Crippen LogP) is 13.4. The van der Waals surface area contributed by atoms with Crippen LogP contribution in [0.2, 0.25) is 3.48 Å². The zero-order valence-corrected chi connectivity index (χ0v) is 36.3. The van der Waals surface area contributed by atoms with Gasteiger partial charge in [0.2, 0.25) is 0 Å². The molecule has 3 aliphatic rings. The Bertz CT molecular complexity index is 771. The van der Waals surface area contributed by atoms with Crippen LogP contribution < -0.4 is 0 Å². The molecule has 0 aromatic carbocycles. The first kappa shape index (κ1) is 43.6. The maximum atomic E-state index is 4.77. The third kappa shape index (κ3) is 14.5. The molecule has 2 saturated heterocycles. The second kappa shape index (κ2) is 26.4. The van der Waals surface area contributed by atoms with Crippen LogP contribution in [0.3, 0.4) is 0 Å². The van der Waals surface area contributed by atoms with Gasteiger partial charge in [-0.1, -0.05) is 39.3 Å². The Labute approximate surface area is 303 Å². The van der Waals surface area contributed by atoms with Crippen LogP contribution in [0, 0.1) is 11.3 Å². The topological polar surface area (TPSA) is 0 Å². The molecule has 3 radical (unpaired) electrons. The SMILES string of the molecule is C=C.C=C(CC1CC2C1(CC)C[N+]21CCCC1)[CH]([Pb])C/C(=C/CCCCCCC)CCCCCCCCCCCCCC.CP. The fourth-order valence-corrected chi connectivity index (χ4v) is 10.7. The normalized spacial score (nSPS) is 23.6. The molecule has 1 spiro atoms. The minimum absolute atomic E-state index is 0.695.